The molecular weight excluding hydrogens is 274 g/mol. The average molecular weight is 288 g/mol. The Morgan fingerprint density at radius 1 is 1.14 bits per heavy atom. The van der Waals surface area contributed by atoms with Gasteiger partial charge in [-0.1, -0.05) is 25.1 Å². The van der Waals surface area contributed by atoms with Crippen LogP contribution in [0.3, 0.4) is 0 Å². The zero-order chi connectivity index (χ0) is 15.2. The summed E-state index contributed by atoms with van der Waals surface area (Å²) in [5.41, 5.74) is 3.49. The number of rotatable bonds is 4. The van der Waals surface area contributed by atoms with Crippen LogP contribution in [0.2, 0.25) is 0 Å². The number of halogens is 2. The van der Waals surface area contributed by atoms with Gasteiger partial charge in [-0.2, -0.15) is 5.10 Å². The summed E-state index contributed by atoms with van der Waals surface area (Å²) in [6, 6.07) is 10.5. The fraction of sp³-hybridized carbons (Fsp3) is 0.125. The highest BCUT2D eigenvalue weighted by Gasteiger charge is 2.06. The van der Waals surface area contributed by atoms with E-state index in [9.17, 15) is 13.6 Å². The second kappa shape index (κ2) is 6.74. The molecule has 2 aromatic rings. The SMILES string of the molecule is CCc1ccc(C(=O)N/N=C\c2c(F)cccc2F)cc1. The van der Waals surface area contributed by atoms with Gasteiger partial charge in [0, 0.05) is 5.56 Å². The summed E-state index contributed by atoms with van der Waals surface area (Å²) in [6.45, 7) is 2.02. The first kappa shape index (κ1) is 14.8. The van der Waals surface area contributed by atoms with E-state index in [1.54, 1.807) is 12.1 Å². The molecule has 2 rings (SSSR count). The summed E-state index contributed by atoms with van der Waals surface area (Å²) >= 11 is 0. The van der Waals surface area contributed by atoms with Crippen LogP contribution in [0.4, 0.5) is 8.78 Å². The van der Waals surface area contributed by atoms with Gasteiger partial charge in [-0.05, 0) is 36.2 Å². The van der Waals surface area contributed by atoms with Crippen LogP contribution in [0.15, 0.2) is 47.6 Å². The normalized spacial score (nSPS) is 10.8. The smallest absolute Gasteiger partial charge is 0.267 e. The number of carbonyl (C=O) groups excluding carboxylic acids is 1. The minimum absolute atomic E-state index is 0.292. The predicted molar refractivity (Wildman–Crippen MR) is 77.2 cm³/mol. The summed E-state index contributed by atoms with van der Waals surface area (Å²) in [7, 11) is 0. The molecule has 0 fully saturated rings. The Balaban J connectivity index is 2.05. The van der Waals surface area contributed by atoms with Crippen molar-refractivity contribution in [2.75, 3.05) is 0 Å². The van der Waals surface area contributed by atoms with E-state index in [1.807, 2.05) is 19.1 Å². The molecule has 0 atom stereocenters. The molecule has 0 heterocycles. The number of carbonyl (C=O) groups is 1. The largest absolute Gasteiger partial charge is 0.271 e. The van der Waals surface area contributed by atoms with Crippen molar-refractivity contribution in [3.8, 4) is 0 Å². The Labute approximate surface area is 121 Å². The van der Waals surface area contributed by atoms with Crippen LogP contribution in [0.1, 0.15) is 28.4 Å². The van der Waals surface area contributed by atoms with Crippen LogP contribution >= 0.6 is 0 Å². The molecule has 0 aliphatic rings. The monoisotopic (exact) mass is 288 g/mol. The molecule has 0 bridgehead atoms. The molecule has 0 aliphatic carbocycles. The maximum atomic E-state index is 13.3. The van der Waals surface area contributed by atoms with E-state index in [0.29, 0.717) is 5.56 Å². The summed E-state index contributed by atoms with van der Waals surface area (Å²) in [5, 5.41) is 3.58. The number of benzene rings is 2. The minimum Gasteiger partial charge on any atom is -0.267 e. The molecule has 3 nitrogen and oxygen atoms in total. The third-order valence-corrected chi connectivity index (χ3v) is 2.98. The van der Waals surface area contributed by atoms with Crippen molar-refractivity contribution in [3.05, 3.63) is 70.8 Å². The molecule has 108 valence electrons. The Bertz CT molecular complexity index is 646. The van der Waals surface area contributed by atoms with Crippen molar-refractivity contribution < 1.29 is 13.6 Å². The molecule has 1 N–H and O–H groups in total. The highest BCUT2D eigenvalue weighted by Crippen LogP contribution is 2.09. The van der Waals surface area contributed by atoms with Gasteiger partial charge in [0.2, 0.25) is 0 Å². The van der Waals surface area contributed by atoms with Gasteiger partial charge in [0.05, 0.1) is 11.8 Å². The summed E-state index contributed by atoms with van der Waals surface area (Å²) in [5.74, 6) is -1.91. The molecule has 21 heavy (non-hydrogen) atoms. The molecule has 0 unspecified atom stereocenters. The van der Waals surface area contributed by atoms with Gasteiger partial charge in [-0.25, -0.2) is 14.2 Å². The highest BCUT2D eigenvalue weighted by molar-refractivity contribution is 5.94. The number of aryl methyl sites for hydroxylation is 1. The van der Waals surface area contributed by atoms with E-state index < -0.39 is 17.5 Å². The van der Waals surface area contributed by atoms with Gasteiger partial charge < -0.3 is 0 Å². The molecule has 0 aromatic heterocycles. The van der Waals surface area contributed by atoms with Gasteiger partial charge in [-0.15, -0.1) is 0 Å². The molecule has 1 amide bonds. The maximum absolute atomic E-state index is 13.3. The number of hydrogen-bond acceptors (Lipinski definition) is 2. The second-order valence-electron chi connectivity index (χ2n) is 4.38. The molecule has 2 aromatic carbocycles. The molecule has 0 spiro atoms. The standard InChI is InChI=1S/C16H14F2N2O/c1-2-11-6-8-12(9-7-11)16(21)20-19-10-13-14(17)4-3-5-15(13)18/h3-10H,2H2,1H3,(H,20,21)/b19-10-. The summed E-state index contributed by atoms with van der Waals surface area (Å²) in [6.07, 6.45) is 1.83. The Morgan fingerprint density at radius 3 is 2.33 bits per heavy atom. The number of nitrogens with zero attached hydrogens (tertiary/aromatic N) is 1. The molecule has 0 saturated carbocycles. The van der Waals surface area contributed by atoms with Gasteiger partial charge in [-0.3, -0.25) is 4.79 Å². The van der Waals surface area contributed by atoms with Crippen molar-refractivity contribution in [1.82, 2.24) is 5.43 Å². The van der Waals surface area contributed by atoms with Crippen LogP contribution < -0.4 is 5.43 Å². The van der Waals surface area contributed by atoms with Crippen LogP contribution in [-0.2, 0) is 6.42 Å². The first-order valence-electron chi connectivity index (χ1n) is 6.48. The van der Waals surface area contributed by atoms with Crippen LogP contribution in [-0.4, -0.2) is 12.1 Å². The molecule has 0 aliphatic heterocycles. The summed E-state index contributed by atoms with van der Waals surface area (Å²) in [4.78, 5) is 11.8. The minimum atomic E-state index is -0.736. The second-order valence-corrected chi connectivity index (χ2v) is 4.38. The molecule has 5 heteroatoms. The van der Waals surface area contributed by atoms with E-state index in [-0.39, 0.29) is 5.56 Å². The van der Waals surface area contributed by atoms with Gasteiger partial charge in [0.15, 0.2) is 0 Å². The lowest BCUT2D eigenvalue weighted by Gasteiger charge is -2.02. The zero-order valence-electron chi connectivity index (χ0n) is 11.4. The van der Waals surface area contributed by atoms with Crippen LogP contribution in [0.25, 0.3) is 0 Å². The lowest BCUT2D eigenvalue weighted by atomic mass is 10.1. The quantitative estimate of drug-likeness (QED) is 0.680. The van der Waals surface area contributed by atoms with E-state index in [0.717, 1.165) is 30.3 Å². The highest BCUT2D eigenvalue weighted by atomic mass is 19.1. The van der Waals surface area contributed by atoms with Gasteiger partial charge in [0.1, 0.15) is 11.6 Å². The van der Waals surface area contributed by atoms with Crippen LogP contribution in [0.5, 0.6) is 0 Å². The lowest BCUT2D eigenvalue weighted by Crippen LogP contribution is -2.17. The maximum Gasteiger partial charge on any atom is 0.271 e. The number of hydrogen-bond donors (Lipinski definition) is 1. The van der Waals surface area contributed by atoms with Gasteiger partial charge >= 0.3 is 0 Å². The molecule has 0 saturated heterocycles. The van der Waals surface area contributed by atoms with E-state index in [1.165, 1.54) is 6.07 Å². The van der Waals surface area contributed by atoms with Crippen molar-refractivity contribution in [3.63, 3.8) is 0 Å². The number of amides is 1. The number of hydrazone groups is 1. The third kappa shape index (κ3) is 3.72. The predicted octanol–water partition coefficient (Wildman–Crippen LogP) is 3.29. The van der Waals surface area contributed by atoms with Crippen molar-refractivity contribution in [1.29, 1.82) is 0 Å². The topological polar surface area (TPSA) is 41.5 Å². The van der Waals surface area contributed by atoms with Gasteiger partial charge in [0.25, 0.3) is 5.91 Å². The van der Waals surface area contributed by atoms with E-state index in [4.69, 9.17) is 0 Å². The van der Waals surface area contributed by atoms with Crippen molar-refractivity contribution in [2.24, 2.45) is 5.10 Å². The molecule has 0 radical (unpaired) electrons. The fourth-order valence-electron chi connectivity index (χ4n) is 1.75. The van der Waals surface area contributed by atoms with Crippen LogP contribution in [0, 0.1) is 11.6 Å². The Morgan fingerprint density at radius 2 is 1.76 bits per heavy atom. The first-order valence-corrected chi connectivity index (χ1v) is 6.48. The summed E-state index contributed by atoms with van der Waals surface area (Å²) < 4.78 is 26.7. The Hall–Kier alpha value is -2.56. The number of nitrogens with one attached hydrogen (secondary N) is 1. The lowest BCUT2D eigenvalue weighted by molar-refractivity contribution is 0.0955. The van der Waals surface area contributed by atoms with Crippen molar-refractivity contribution >= 4 is 12.1 Å². The third-order valence-electron chi connectivity index (χ3n) is 2.98. The fourth-order valence-corrected chi connectivity index (χ4v) is 1.75. The zero-order valence-corrected chi connectivity index (χ0v) is 11.4. The molecular formula is C16H14F2N2O. The van der Waals surface area contributed by atoms with E-state index in [2.05, 4.69) is 10.5 Å². The Kier molecular flexibility index (Phi) is 4.77. The van der Waals surface area contributed by atoms with Crippen molar-refractivity contribution in [2.45, 2.75) is 13.3 Å². The van der Waals surface area contributed by atoms with E-state index >= 15 is 0 Å². The average Bonchev–Trinajstić information content (AvgIpc) is 2.50. The first-order chi connectivity index (χ1) is 10.1.